The van der Waals surface area contributed by atoms with E-state index in [1.165, 1.54) is 19.3 Å². The number of aromatic nitrogens is 3. The fourth-order valence-electron chi connectivity index (χ4n) is 2.98. The number of aliphatic hydroxyl groups is 1. The highest BCUT2D eigenvalue weighted by atomic mass is 16.3. The Bertz CT molecular complexity index is 366. The van der Waals surface area contributed by atoms with Crippen LogP contribution in [0.15, 0.2) is 6.20 Å². The van der Waals surface area contributed by atoms with Gasteiger partial charge in [-0.25, -0.2) is 4.68 Å². The van der Waals surface area contributed by atoms with Crippen LogP contribution in [0, 0.1) is 11.8 Å². The van der Waals surface area contributed by atoms with Gasteiger partial charge in [-0.3, -0.25) is 0 Å². The van der Waals surface area contributed by atoms with Crippen molar-refractivity contribution in [1.29, 1.82) is 0 Å². The molecule has 0 aromatic carbocycles. The summed E-state index contributed by atoms with van der Waals surface area (Å²) in [6.07, 6.45) is 5.79. The summed E-state index contributed by atoms with van der Waals surface area (Å²) in [7, 11) is 0. The third-order valence-corrected chi connectivity index (χ3v) is 4.21. The van der Waals surface area contributed by atoms with Gasteiger partial charge in [0.15, 0.2) is 0 Å². The van der Waals surface area contributed by atoms with Crippen LogP contribution in [0.25, 0.3) is 0 Å². The molecule has 102 valence electrons. The summed E-state index contributed by atoms with van der Waals surface area (Å²) in [6.45, 7) is 6.03. The van der Waals surface area contributed by atoms with Gasteiger partial charge >= 0.3 is 0 Å². The zero-order valence-corrected chi connectivity index (χ0v) is 11.3. The van der Waals surface area contributed by atoms with Crippen molar-refractivity contribution in [3.63, 3.8) is 0 Å². The van der Waals surface area contributed by atoms with Crippen LogP contribution in [-0.2, 0) is 13.1 Å². The van der Waals surface area contributed by atoms with Gasteiger partial charge in [-0.05, 0) is 24.7 Å². The smallest absolute Gasteiger partial charge is 0.0964 e. The second-order valence-electron chi connectivity index (χ2n) is 5.29. The lowest BCUT2D eigenvalue weighted by Crippen LogP contribution is -2.32. The second kappa shape index (κ2) is 6.29. The minimum absolute atomic E-state index is 0.105. The van der Waals surface area contributed by atoms with Crippen molar-refractivity contribution in [2.24, 2.45) is 11.8 Å². The van der Waals surface area contributed by atoms with E-state index in [1.807, 2.05) is 6.20 Å². The van der Waals surface area contributed by atoms with E-state index in [0.717, 1.165) is 24.1 Å². The molecule has 0 bridgehead atoms. The van der Waals surface area contributed by atoms with E-state index in [-0.39, 0.29) is 6.61 Å². The van der Waals surface area contributed by atoms with E-state index in [1.54, 1.807) is 4.68 Å². The van der Waals surface area contributed by atoms with E-state index in [2.05, 4.69) is 29.5 Å². The van der Waals surface area contributed by atoms with Gasteiger partial charge in [-0.2, -0.15) is 0 Å². The Morgan fingerprint density at radius 1 is 1.50 bits per heavy atom. The third kappa shape index (κ3) is 3.09. The molecule has 0 saturated heterocycles. The van der Waals surface area contributed by atoms with Gasteiger partial charge in [0.25, 0.3) is 0 Å². The predicted octanol–water partition coefficient (Wildman–Crippen LogP) is 1.18. The molecule has 1 fully saturated rings. The van der Waals surface area contributed by atoms with E-state index >= 15 is 0 Å². The molecule has 2 N–H and O–H groups in total. The molecule has 1 aromatic rings. The number of rotatable bonds is 6. The summed E-state index contributed by atoms with van der Waals surface area (Å²) in [5.41, 5.74) is 0.954. The summed E-state index contributed by atoms with van der Waals surface area (Å²) < 4.78 is 1.68. The average Bonchev–Trinajstić information content (AvgIpc) is 2.94. The van der Waals surface area contributed by atoms with Crippen molar-refractivity contribution >= 4 is 0 Å². The Balaban J connectivity index is 1.80. The maximum Gasteiger partial charge on any atom is 0.0964 e. The number of hydrogen-bond donors (Lipinski definition) is 2. The molecule has 0 aliphatic heterocycles. The number of nitrogens with zero attached hydrogens (tertiary/aromatic N) is 3. The minimum Gasteiger partial charge on any atom is -0.394 e. The van der Waals surface area contributed by atoms with Gasteiger partial charge in [0.05, 0.1) is 18.8 Å². The number of hydrogen-bond acceptors (Lipinski definition) is 4. The van der Waals surface area contributed by atoms with Crippen molar-refractivity contribution < 1.29 is 5.11 Å². The summed E-state index contributed by atoms with van der Waals surface area (Å²) in [5.74, 6) is 1.62. The van der Waals surface area contributed by atoms with Crippen molar-refractivity contribution in [1.82, 2.24) is 20.3 Å². The molecule has 5 nitrogen and oxygen atoms in total. The molecule has 3 atom stereocenters. The lowest BCUT2D eigenvalue weighted by molar-refractivity contribution is 0.268. The first kappa shape index (κ1) is 13.5. The van der Waals surface area contributed by atoms with Gasteiger partial charge < -0.3 is 10.4 Å². The largest absolute Gasteiger partial charge is 0.394 e. The normalized spacial score (nSPS) is 27.8. The van der Waals surface area contributed by atoms with Crippen LogP contribution in [0.2, 0.25) is 0 Å². The van der Waals surface area contributed by atoms with Gasteiger partial charge in [0, 0.05) is 18.8 Å². The molecule has 1 aromatic heterocycles. The van der Waals surface area contributed by atoms with Gasteiger partial charge in [0.1, 0.15) is 0 Å². The first-order chi connectivity index (χ1) is 8.74. The molecular formula is C13H24N4O. The molecule has 3 unspecified atom stereocenters. The van der Waals surface area contributed by atoms with Crippen LogP contribution >= 0.6 is 0 Å². The monoisotopic (exact) mass is 252 g/mol. The highest BCUT2D eigenvalue weighted by Gasteiger charge is 2.30. The lowest BCUT2D eigenvalue weighted by atomic mass is 9.93. The Hall–Kier alpha value is -0.940. The van der Waals surface area contributed by atoms with Crippen LogP contribution in [0.5, 0.6) is 0 Å². The van der Waals surface area contributed by atoms with Crippen molar-refractivity contribution in [2.75, 3.05) is 6.61 Å². The molecule has 18 heavy (non-hydrogen) atoms. The van der Waals surface area contributed by atoms with E-state index < -0.39 is 0 Å². The summed E-state index contributed by atoms with van der Waals surface area (Å²) in [6, 6.07) is 0.609. The van der Waals surface area contributed by atoms with Gasteiger partial charge in [-0.15, -0.1) is 5.10 Å². The number of aliphatic hydroxyl groups excluding tert-OH is 1. The average molecular weight is 252 g/mol. The van der Waals surface area contributed by atoms with E-state index in [4.69, 9.17) is 5.11 Å². The molecule has 1 aliphatic carbocycles. The van der Waals surface area contributed by atoms with Crippen LogP contribution in [-0.4, -0.2) is 32.7 Å². The third-order valence-electron chi connectivity index (χ3n) is 4.21. The zero-order valence-electron chi connectivity index (χ0n) is 11.3. The van der Waals surface area contributed by atoms with Crippen LogP contribution in [0.1, 0.15) is 38.8 Å². The lowest BCUT2D eigenvalue weighted by Gasteiger charge is -2.20. The molecule has 1 saturated carbocycles. The van der Waals surface area contributed by atoms with E-state index in [0.29, 0.717) is 12.6 Å². The number of nitrogens with one attached hydrogen (secondary N) is 1. The van der Waals surface area contributed by atoms with Crippen LogP contribution < -0.4 is 5.32 Å². The Morgan fingerprint density at radius 2 is 2.33 bits per heavy atom. The highest BCUT2D eigenvalue weighted by molar-refractivity contribution is 4.94. The standard InChI is InChI=1S/C13H24N4O/c1-3-11-4-5-13(10(11)2)14-8-12-9-17(6-7-18)16-15-12/h9-11,13-14,18H,3-8H2,1-2H3. The first-order valence-electron chi connectivity index (χ1n) is 6.97. The SMILES string of the molecule is CCC1CCC(NCc2cn(CCO)nn2)C1C. The Morgan fingerprint density at radius 3 is 3.00 bits per heavy atom. The molecule has 1 aliphatic rings. The van der Waals surface area contributed by atoms with Gasteiger partial charge in [0.2, 0.25) is 0 Å². The van der Waals surface area contributed by atoms with E-state index in [9.17, 15) is 0 Å². The maximum atomic E-state index is 8.82. The zero-order chi connectivity index (χ0) is 13.0. The van der Waals surface area contributed by atoms with Crippen LogP contribution in [0.4, 0.5) is 0 Å². The molecule has 2 rings (SSSR count). The molecule has 0 spiro atoms. The van der Waals surface area contributed by atoms with Crippen LogP contribution in [0.3, 0.4) is 0 Å². The minimum atomic E-state index is 0.105. The molecule has 0 amide bonds. The fourth-order valence-corrected chi connectivity index (χ4v) is 2.98. The Kier molecular flexibility index (Phi) is 4.72. The maximum absolute atomic E-state index is 8.82. The topological polar surface area (TPSA) is 63.0 Å². The van der Waals surface area contributed by atoms with Gasteiger partial charge in [-0.1, -0.05) is 25.5 Å². The van der Waals surface area contributed by atoms with Crippen molar-refractivity contribution in [2.45, 2.75) is 52.2 Å². The first-order valence-corrected chi connectivity index (χ1v) is 6.97. The molecule has 5 heteroatoms. The Labute approximate surface area is 109 Å². The molecule has 0 radical (unpaired) electrons. The predicted molar refractivity (Wildman–Crippen MR) is 69.9 cm³/mol. The molecular weight excluding hydrogens is 228 g/mol. The van der Waals surface area contributed by atoms with Crippen molar-refractivity contribution in [3.8, 4) is 0 Å². The highest BCUT2D eigenvalue weighted by Crippen LogP contribution is 2.33. The molecule has 1 heterocycles. The second-order valence-corrected chi connectivity index (χ2v) is 5.29. The fraction of sp³-hybridized carbons (Fsp3) is 0.846. The van der Waals surface area contributed by atoms with Crippen molar-refractivity contribution in [3.05, 3.63) is 11.9 Å². The quantitative estimate of drug-likeness (QED) is 0.798. The summed E-state index contributed by atoms with van der Waals surface area (Å²) in [5, 5.41) is 20.5. The summed E-state index contributed by atoms with van der Waals surface area (Å²) >= 11 is 0. The summed E-state index contributed by atoms with van der Waals surface area (Å²) in [4.78, 5) is 0.